The van der Waals surface area contributed by atoms with E-state index in [1.165, 1.54) is 35.6 Å². The number of hydrogen-bond donors (Lipinski definition) is 0. The van der Waals surface area contributed by atoms with Crippen LogP contribution in [-0.2, 0) is 4.79 Å². The number of aromatic nitrogens is 1. The van der Waals surface area contributed by atoms with E-state index in [1.807, 2.05) is 0 Å². The van der Waals surface area contributed by atoms with Crippen LogP contribution in [0.5, 0.6) is 0 Å². The highest BCUT2D eigenvalue weighted by Gasteiger charge is 2.41. The fraction of sp³-hybridized carbons (Fsp3) is 0.125. The fourth-order valence-electron chi connectivity index (χ4n) is 1.88. The molecule has 0 N–H and O–H groups in total. The number of rotatable bonds is 4. The van der Waals surface area contributed by atoms with Crippen LogP contribution in [0.25, 0.3) is 5.57 Å². The minimum absolute atomic E-state index is 0.214. The Labute approximate surface area is 125 Å². The van der Waals surface area contributed by atoms with Crippen LogP contribution in [0.4, 0.5) is 18.9 Å². The van der Waals surface area contributed by atoms with Crippen molar-refractivity contribution in [3.05, 3.63) is 66.6 Å². The summed E-state index contributed by atoms with van der Waals surface area (Å²) in [6.07, 6.45) is -0.706. The summed E-state index contributed by atoms with van der Waals surface area (Å²) in [4.78, 5) is 17.0. The fourth-order valence-corrected chi connectivity index (χ4v) is 1.88. The highest BCUT2D eigenvalue weighted by atomic mass is 19.4. The van der Waals surface area contributed by atoms with Crippen LogP contribution in [0.2, 0.25) is 0 Å². The van der Waals surface area contributed by atoms with E-state index < -0.39 is 17.5 Å². The number of halogens is 3. The van der Waals surface area contributed by atoms with Crippen LogP contribution in [0.15, 0.2) is 61.1 Å². The maximum atomic E-state index is 12.8. The third-order valence-electron chi connectivity index (χ3n) is 2.98. The number of allylic oxidation sites excluding steroid dienone is 1. The summed E-state index contributed by atoms with van der Waals surface area (Å²) in [7, 11) is 1.57. The maximum Gasteiger partial charge on any atom is 0.454 e. The van der Waals surface area contributed by atoms with Gasteiger partial charge < -0.3 is 4.90 Å². The van der Waals surface area contributed by atoms with Gasteiger partial charge in [0.2, 0.25) is 0 Å². The summed E-state index contributed by atoms with van der Waals surface area (Å²) >= 11 is 0. The second-order valence-electron chi connectivity index (χ2n) is 4.55. The van der Waals surface area contributed by atoms with Gasteiger partial charge in [0.1, 0.15) is 0 Å². The van der Waals surface area contributed by atoms with Crippen molar-refractivity contribution in [2.24, 2.45) is 0 Å². The molecule has 0 saturated carbocycles. The monoisotopic (exact) mass is 306 g/mol. The number of pyridine rings is 1. The van der Waals surface area contributed by atoms with E-state index in [-0.39, 0.29) is 5.56 Å². The summed E-state index contributed by atoms with van der Waals surface area (Å²) in [5.41, 5.74) is 0.427. The van der Waals surface area contributed by atoms with Crippen molar-refractivity contribution >= 4 is 17.0 Å². The highest BCUT2D eigenvalue weighted by molar-refractivity contribution is 6.23. The van der Waals surface area contributed by atoms with Crippen molar-refractivity contribution in [2.75, 3.05) is 11.9 Å². The number of ketones is 1. The predicted molar refractivity (Wildman–Crippen MR) is 78.1 cm³/mol. The van der Waals surface area contributed by atoms with Gasteiger partial charge in [0.05, 0.1) is 5.57 Å². The second-order valence-corrected chi connectivity index (χ2v) is 4.55. The number of Topliss-reactive ketones (excluding diaryl/α,β-unsaturated/α-hetero) is 1. The lowest BCUT2D eigenvalue weighted by Gasteiger charge is -2.17. The molecule has 6 heteroatoms. The zero-order valence-electron chi connectivity index (χ0n) is 11.7. The Morgan fingerprint density at radius 2 is 1.68 bits per heavy atom. The van der Waals surface area contributed by atoms with Crippen molar-refractivity contribution in [3.63, 3.8) is 0 Å². The van der Waals surface area contributed by atoms with E-state index in [4.69, 9.17) is 0 Å². The number of carbonyl (C=O) groups is 1. The van der Waals surface area contributed by atoms with Crippen LogP contribution >= 0.6 is 0 Å². The first-order chi connectivity index (χ1) is 10.4. The van der Waals surface area contributed by atoms with Crippen molar-refractivity contribution in [1.82, 2.24) is 4.98 Å². The second kappa shape index (κ2) is 6.43. The molecular formula is C16H13F3N2O. The van der Waals surface area contributed by atoms with Gasteiger partial charge >= 0.3 is 6.18 Å². The molecule has 3 nitrogen and oxygen atoms in total. The lowest BCUT2D eigenvalue weighted by atomic mass is 10.0. The lowest BCUT2D eigenvalue weighted by Crippen LogP contribution is -2.25. The number of anilines is 1. The van der Waals surface area contributed by atoms with Gasteiger partial charge in [0.25, 0.3) is 5.78 Å². The molecule has 0 atom stereocenters. The van der Waals surface area contributed by atoms with Crippen LogP contribution in [-0.4, -0.2) is 24.0 Å². The first kappa shape index (κ1) is 15.8. The van der Waals surface area contributed by atoms with Crippen molar-refractivity contribution in [2.45, 2.75) is 6.18 Å². The maximum absolute atomic E-state index is 12.8. The number of alkyl halides is 3. The molecule has 1 heterocycles. The Morgan fingerprint density at radius 3 is 2.23 bits per heavy atom. The molecule has 0 unspecified atom stereocenters. The van der Waals surface area contributed by atoms with Gasteiger partial charge in [-0.3, -0.25) is 9.78 Å². The van der Waals surface area contributed by atoms with E-state index in [2.05, 4.69) is 4.98 Å². The summed E-state index contributed by atoms with van der Waals surface area (Å²) in [6.45, 7) is 0. The number of hydrogen-bond acceptors (Lipinski definition) is 3. The van der Waals surface area contributed by atoms with Gasteiger partial charge in [0, 0.05) is 31.3 Å². The Hall–Kier alpha value is -2.63. The highest BCUT2D eigenvalue weighted by Crippen LogP contribution is 2.28. The summed E-state index contributed by atoms with van der Waals surface area (Å²) in [6, 6.07) is 11.0. The third kappa shape index (κ3) is 3.72. The van der Waals surface area contributed by atoms with Crippen molar-refractivity contribution in [1.29, 1.82) is 0 Å². The normalized spacial score (nSPS) is 12.1. The van der Waals surface area contributed by atoms with E-state index in [1.54, 1.807) is 37.4 Å². The minimum Gasteiger partial charge on any atom is -0.350 e. The van der Waals surface area contributed by atoms with Crippen molar-refractivity contribution < 1.29 is 18.0 Å². The van der Waals surface area contributed by atoms with E-state index >= 15 is 0 Å². The SMILES string of the molecule is CN(/C=C(\C(=O)C(F)(F)F)c1ccccc1)c1ccncc1. The van der Waals surface area contributed by atoms with E-state index in [9.17, 15) is 18.0 Å². The standard InChI is InChI=1S/C16H13F3N2O/c1-21(13-7-9-20-10-8-13)11-14(15(22)16(17,18)19)12-5-3-2-4-6-12/h2-11H,1H3/b14-11-. The first-order valence-corrected chi connectivity index (χ1v) is 6.41. The lowest BCUT2D eigenvalue weighted by molar-refractivity contribution is -0.164. The summed E-state index contributed by atoms with van der Waals surface area (Å²) in [5.74, 6) is -1.88. The molecule has 22 heavy (non-hydrogen) atoms. The Bertz CT molecular complexity index is 667. The molecule has 0 radical (unpaired) electrons. The number of benzene rings is 1. The van der Waals surface area contributed by atoms with Crippen molar-refractivity contribution in [3.8, 4) is 0 Å². The van der Waals surface area contributed by atoms with E-state index in [0.717, 1.165) is 0 Å². The molecule has 0 amide bonds. The zero-order valence-corrected chi connectivity index (χ0v) is 11.7. The third-order valence-corrected chi connectivity index (χ3v) is 2.98. The average molecular weight is 306 g/mol. The Morgan fingerprint density at radius 1 is 1.09 bits per heavy atom. The minimum atomic E-state index is -4.93. The molecule has 0 bridgehead atoms. The largest absolute Gasteiger partial charge is 0.454 e. The summed E-state index contributed by atoms with van der Waals surface area (Å²) in [5, 5.41) is 0. The van der Waals surface area contributed by atoms with E-state index in [0.29, 0.717) is 5.69 Å². The van der Waals surface area contributed by atoms with Crippen LogP contribution in [0.1, 0.15) is 5.56 Å². The molecule has 0 aliphatic heterocycles. The summed E-state index contributed by atoms with van der Waals surface area (Å²) < 4.78 is 38.5. The molecular weight excluding hydrogens is 293 g/mol. The molecule has 0 saturated heterocycles. The van der Waals surface area contributed by atoms with Gasteiger partial charge in [0.15, 0.2) is 0 Å². The van der Waals surface area contributed by atoms with Crippen LogP contribution < -0.4 is 4.90 Å². The Kier molecular flexibility index (Phi) is 4.60. The van der Waals surface area contributed by atoms with Crippen LogP contribution in [0.3, 0.4) is 0 Å². The van der Waals surface area contributed by atoms with Gasteiger partial charge in [-0.25, -0.2) is 0 Å². The van der Waals surface area contributed by atoms with Gasteiger partial charge in [-0.2, -0.15) is 13.2 Å². The molecule has 114 valence electrons. The molecule has 1 aromatic carbocycles. The molecule has 0 aliphatic rings. The Balaban J connectivity index is 2.45. The van der Waals surface area contributed by atoms with Gasteiger partial charge in [-0.1, -0.05) is 30.3 Å². The molecule has 0 fully saturated rings. The molecule has 0 aliphatic carbocycles. The van der Waals surface area contributed by atoms with Crippen LogP contribution in [0, 0.1) is 0 Å². The number of nitrogens with zero attached hydrogens (tertiary/aromatic N) is 2. The van der Waals surface area contributed by atoms with Gasteiger partial charge in [-0.15, -0.1) is 0 Å². The molecule has 2 aromatic rings. The topological polar surface area (TPSA) is 33.2 Å². The zero-order chi connectivity index (χ0) is 16.2. The molecule has 2 rings (SSSR count). The quantitative estimate of drug-likeness (QED) is 0.808. The molecule has 1 aromatic heterocycles. The average Bonchev–Trinajstić information content (AvgIpc) is 2.52. The predicted octanol–water partition coefficient (Wildman–Crippen LogP) is 3.69. The molecule has 0 spiro atoms. The van der Waals surface area contributed by atoms with Gasteiger partial charge in [-0.05, 0) is 17.7 Å². The first-order valence-electron chi connectivity index (χ1n) is 6.41. The number of carbonyl (C=O) groups excluding carboxylic acids is 1. The smallest absolute Gasteiger partial charge is 0.350 e.